The standard InChI is InChI=1S/C22H22N4O/c1-16-17(6-4-12-23-16)21(27)25-14-10-22(11-15-25)20-9-5-13-26(20)19-8-3-2-7-18(19)24-22/h2-9,12-13,24H,10-11,14-15H2,1H3. The Morgan fingerprint density at radius 1 is 1.07 bits per heavy atom. The van der Waals surface area contributed by atoms with Crippen LogP contribution in [0.2, 0.25) is 0 Å². The van der Waals surface area contributed by atoms with Gasteiger partial charge in [0.2, 0.25) is 0 Å². The maximum absolute atomic E-state index is 12.9. The fourth-order valence-electron chi connectivity index (χ4n) is 4.45. The van der Waals surface area contributed by atoms with Crippen molar-refractivity contribution in [1.82, 2.24) is 14.5 Å². The van der Waals surface area contributed by atoms with Gasteiger partial charge in [-0.2, -0.15) is 0 Å². The highest BCUT2D eigenvalue weighted by molar-refractivity contribution is 5.95. The van der Waals surface area contributed by atoms with Crippen molar-refractivity contribution < 1.29 is 4.79 Å². The summed E-state index contributed by atoms with van der Waals surface area (Å²) in [4.78, 5) is 19.2. The molecule has 1 fully saturated rings. The number of pyridine rings is 1. The SMILES string of the molecule is Cc1ncccc1C(=O)N1CCC2(CC1)Nc1ccccc1-n1cccc12. The summed E-state index contributed by atoms with van der Waals surface area (Å²) >= 11 is 0. The summed E-state index contributed by atoms with van der Waals surface area (Å²) in [6, 6.07) is 16.4. The lowest BCUT2D eigenvalue weighted by Gasteiger charge is -2.46. The van der Waals surface area contributed by atoms with Crippen molar-refractivity contribution >= 4 is 11.6 Å². The summed E-state index contributed by atoms with van der Waals surface area (Å²) in [5.41, 5.74) is 5.00. The quantitative estimate of drug-likeness (QED) is 0.721. The lowest BCUT2D eigenvalue weighted by molar-refractivity contribution is 0.0675. The molecule has 3 aromatic rings. The molecule has 0 radical (unpaired) electrons. The van der Waals surface area contributed by atoms with Gasteiger partial charge in [0.15, 0.2) is 0 Å². The molecule has 1 saturated heterocycles. The van der Waals surface area contributed by atoms with Gasteiger partial charge >= 0.3 is 0 Å². The summed E-state index contributed by atoms with van der Waals surface area (Å²) in [5.74, 6) is 0.0852. The number of fused-ring (bicyclic) bond motifs is 4. The van der Waals surface area contributed by atoms with Crippen LogP contribution in [-0.2, 0) is 5.54 Å². The number of rotatable bonds is 1. The van der Waals surface area contributed by atoms with Gasteiger partial charge in [-0.05, 0) is 56.2 Å². The van der Waals surface area contributed by atoms with Gasteiger partial charge < -0.3 is 14.8 Å². The summed E-state index contributed by atoms with van der Waals surface area (Å²) in [6.45, 7) is 3.35. The molecule has 4 heterocycles. The minimum absolute atomic E-state index is 0.0852. The summed E-state index contributed by atoms with van der Waals surface area (Å²) in [5, 5.41) is 3.79. The van der Waals surface area contributed by atoms with Crippen molar-refractivity contribution in [3.8, 4) is 5.69 Å². The molecule has 2 aliphatic rings. The van der Waals surface area contributed by atoms with Crippen molar-refractivity contribution in [2.75, 3.05) is 18.4 Å². The van der Waals surface area contributed by atoms with Crippen molar-refractivity contribution in [2.45, 2.75) is 25.3 Å². The van der Waals surface area contributed by atoms with Crippen LogP contribution in [0, 0.1) is 6.92 Å². The molecule has 0 bridgehead atoms. The molecule has 5 heteroatoms. The van der Waals surface area contributed by atoms with Crippen LogP contribution in [0.3, 0.4) is 0 Å². The van der Waals surface area contributed by atoms with Crippen molar-refractivity contribution in [1.29, 1.82) is 0 Å². The van der Waals surface area contributed by atoms with Crippen LogP contribution >= 0.6 is 0 Å². The second kappa shape index (κ2) is 5.98. The minimum Gasteiger partial charge on any atom is -0.372 e. The summed E-state index contributed by atoms with van der Waals surface area (Å²) in [6.07, 6.45) is 5.63. The highest BCUT2D eigenvalue weighted by atomic mass is 16.2. The Morgan fingerprint density at radius 3 is 2.70 bits per heavy atom. The van der Waals surface area contributed by atoms with E-state index in [2.05, 4.69) is 57.5 Å². The van der Waals surface area contributed by atoms with Crippen LogP contribution in [-0.4, -0.2) is 33.4 Å². The van der Waals surface area contributed by atoms with Gasteiger partial charge in [0.25, 0.3) is 5.91 Å². The molecule has 5 rings (SSSR count). The lowest BCUT2D eigenvalue weighted by atomic mass is 9.82. The smallest absolute Gasteiger partial charge is 0.255 e. The molecule has 0 aliphatic carbocycles. The molecule has 0 saturated carbocycles. The van der Waals surface area contributed by atoms with Gasteiger partial charge in [-0.25, -0.2) is 0 Å². The first kappa shape index (κ1) is 16.1. The number of nitrogens with one attached hydrogen (secondary N) is 1. The van der Waals surface area contributed by atoms with Crippen molar-refractivity contribution in [3.63, 3.8) is 0 Å². The molecule has 1 spiro atoms. The number of benzene rings is 1. The number of amides is 1. The van der Waals surface area contributed by atoms with E-state index in [9.17, 15) is 4.79 Å². The molecule has 2 aromatic heterocycles. The number of aryl methyl sites for hydroxylation is 1. The Bertz CT molecular complexity index is 1010. The second-order valence-electron chi connectivity index (χ2n) is 7.42. The van der Waals surface area contributed by atoms with Gasteiger partial charge in [0, 0.05) is 36.9 Å². The first-order valence-corrected chi connectivity index (χ1v) is 9.44. The lowest BCUT2D eigenvalue weighted by Crippen LogP contribution is -2.51. The Hall–Kier alpha value is -3.08. The first-order valence-electron chi connectivity index (χ1n) is 9.44. The fraction of sp³-hybridized carbons (Fsp3) is 0.273. The molecule has 1 aromatic carbocycles. The molecule has 2 aliphatic heterocycles. The number of likely N-dealkylation sites (tertiary alicyclic amines) is 1. The van der Waals surface area contributed by atoms with Crippen LogP contribution in [0.4, 0.5) is 5.69 Å². The molecule has 136 valence electrons. The van der Waals surface area contributed by atoms with E-state index >= 15 is 0 Å². The van der Waals surface area contributed by atoms with E-state index in [-0.39, 0.29) is 11.4 Å². The van der Waals surface area contributed by atoms with E-state index < -0.39 is 0 Å². The van der Waals surface area contributed by atoms with E-state index in [1.807, 2.05) is 24.0 Å². The van der Waals surface area contributed by atoms with E-state index in [0.717, 1.165) is 37.3 Å². The predicted molar refractivity (Wildman–Crippen MR) is 105 cm³/mol. The Morgan fingerprint density at radius 2 is 1.89 bits per heavy atom. The van der Waals surface area contributed by atoms with E-state index in [1.165, 1.54) is 11.4 Å². The number of carbonyl (C=O) groups excluding carboxylic acids is 1. The highest BCUT2D eigenvalue weighted by Crippen LogP contribution is 2.43. The van der Waals surface area contributed by atoms with Gasteiger partial charge in [-0.1, -0.05) is 12.1 Å². The molecular formula is C22H22N4O. The molecule has 0 unspecified atom stereocenters. The average molecular weight is 358 g/mol. The zero-order valence-corrected chi connectivity index (χ0v) is 15.4. The monoisotopic (exact) mass is 358 g/mol. The molecule has 1 amide bonds. The maximum atomic E-state index is 12.9. The molecule has 1 N–H and O–H groups in total. The Labute approximate surface area is 158 Å². The van der Waals surface area contributed by atoms with E-state index in [0.29, 0.717) is 5.56 Å². The van der Waals surface area contributed by atoms with Crippen molar-refractivity contribution in [2.24, 2.45) is 0 Å². The Balaban J connectivity index is 1.42. The number of hydrogen-bond acceptors (Lipinski definition) is 3. The van der Waals surface area contributed by atoms with E-state index in [1.54, 1.807) is 6.20 Å². The zero-order valence-electron chi connectivity index (χ0n) is 15.4. The third-order valence-electron chi connectivity index (χ3n) is 5.92. The number of piperidine rings is 1. The first-order chi connectivity index (χ1) is 13.2. The molecule has 5 nitrogen and oxygen atoms in total. The number of hydrogen-bond donors (Lipinski definition) is 1. The van der Waals surface area contributed by atoms with Crippen LogP contribution in [0.5, 0.6) is 0 Å². The number of para-hydroxylation sites is 2. The highest BCUT2D eigenvalue weighted by Gasteiger charge is 2.42. The second-order valence-corrected chi connectivity index (χ2v) is 7.42. The number of aromatic nitrogens is 2. The normalized spacial score (nSPS) is 17.1. The molecular weight excluding hydrogens is 336 g/mol. The van der Waals surface area contributed by atoms with Crippen LogP contribution in [0.15, 0.2) is 60.9 Å². The molecule has 0 atom stereocenters. The van der Waals surface area contributed by atoms with Gasteiger partial charge in [0.05, 0.1) is 22.5 Å². The van der Waals surface area contributed by atoms with Crippen LogP contribution in [0.25, 0.3) is 5.69 Å². The third kappa shape index (κ3) is 2.46. The van der Waals surface area contributed by atoms with Crippen LogP contribution in [0.1, 0.15) is 34.6 Å². The van der Waals surface area contributed by atoms with E-state index in [4.69, 9.17) is 0 Å². The number of carbonyl (C=O) groups is 1. The number of anilines is 1. The summed E-state index contributed by atoms with van der Waals surface area (Å²) in [7, 11) is 0. The topological polar surface area (TPSA) is 50.2 Å². The fourth-order valence-corrected chi connectivity index (χ4v) is 4.45. The van der Waals surface area contributed by atoms with Gasteiger partial charge in [0.1, 0.15) is 0 Å². The van der Waals surface area contributed by atoms with Crippen LogP contribution < -0.4 is 5.32 Å². The third-order valence-corrected chi connectivity index (χ3v) is 5.92. The predicted octanol–water partition coefficient (Wildman–Crippen LogP) is 3.74. The Kier molecular flexibility index (Phi) is 3.57. The zero-order chi connectivity index (χ0) is 18.4. The minimum atomic E-state index is -0.126. The molecule has 27 heavy (non-hydrogen) atoms. The van der Waals surface area contributed by atoms with Gasteiger partial charge in [-0.3, -0.25) is 9.78 Å². The number of nitrogens with zero attached hydrogens (tertiary/aromatic N) is 3. The van der Waals surface area contributed by atoms with Gasteiger partial charge in [-0.15, -0.1) is 0 Å². The maximum Gasteiger partial charge on any atom is 0.255 e. The average Bonchev–Trinajstić information content (AvgIpc) is 3.20. The van der Waals surface area contributed by atoms with Crippen molar-refractivity contribution in [3.05, 3.63) is 77.9 Å². The largest absolute Gasteiger partial charge is 0.372 e. The summed E-state index contributed by atoms with van der Waals surface area (Å²) < 4.78 is 2.29.